The van der Waals surface area contributed by atoms with Crippen LogP contribution in [0.4, 0.5) is 0 Å². The second-order valence-electron chi connectivity index (χ2n) is 6.50. The molecule has 3 heterocycles. The number of hydrogen-bond acceptors (Lipinski definition) is 3. The summed E-state index contributed by atoms with van der Waals surface area (Å²) in [4.78, 5) is 14.6. The molecule has 2 aromatic heterocycles. The van der Waals surface area contributed by atoms with E-state index in [0.29, 0.717) is 11.6 Å². The summed E-state index contributed by atoms with van der Waals surface area (Å²) in [5.74, 6) is 0.609. The number of carbonyl (C=O) groups is 1. The van der Waals surface area contributed by atoms with Crippen molar-refractivity contribution in [2.75, 3.05) is 13.1 Å². The molecule has 1 fully saturated rings. The number of likely N-dealkylation sites (tertiary alicyclic amines) is 1. The van der Waals surface area contributed by atoms with E-state index in [0.717, 1.165) is 43.7 Å². The molecule has 0 spiro atoms. The summed E-state index contributed by atoms with van der Waals surface area (Å²) in [6.07, 6.45) is 5.81. The zero-order chi connectivity index (χ0) is 17.1. The Hall–Kier alpha value is -2.89. The lowest BCUT2D eigenvalue weighted by Gasteiger charge is -2.31. The van der Waals surface area contributed by atoms with E-state index in [-0.39, 0.29) is 5.91 Å². The highest BCUT2D eigenvalue weighted by Gasteiger charge is 2.25. The van der Waals surface area contributed by atoms with Crippen molar-refractivity contribution in [1.29, 1.82) is 0 Å². The monoisotopic (exact) mass is 335 g/mol. The van der Waals surface area contributed by atoms with E-state index in [9.17, 15) is 4.79 Å². The Kier molecular flexibility index (Phi) is 4.33. The van der Waals surface area contributed by atoms with E-state index < -0.39 is 0 Å². The summed E-state index contributed by atoms with van der Waals surface area (Å²) in [7, 11) is 0. The van der Waals surface area contributed by atoms with Gasteiger partial charge in [0.15, 0.2) is 0 Å². The van der Waals surface area contributed by atoms with Crippen LogP contribution in [0.1, 0.15) is 23.3 Å². The van der Waals surface area contributed by atoms with Gasteiger partial charge in [-0.15, -0.1) is 0 Å². The number of hydrogen-bond donors (Lipinski definition) is 1. The Morgan fingerprint density at radius 2 is 1.96 bits per heavy atom. The van der Waals surface area contributed by atoms with Crippen LogP contribution in [0.5, 0.6) is 0 Å². The Bertz CT molecular complexity index is 817. The van der Waals surface area contributed by atoms with E-state index in [1.54, 1.807) is 6.20 Å². The van der Waals surface area contributed by atoms with Crippen molar-refractivity contribution < 1.29 is 4.79 Å². The Labute approximate surface area is 146 Å². The molecule has 0 radical (unpaired) electrons. The summed E-state index contributed by atoms with van der Waals surface area (Å²) in [6.45, 7) is 2.49. The number of carbonyl (C=O) groups excluding carboxylic acids is 1. The molecule has 1 saturated heterocycles. The first-order valence-corrected chi connectivity index (χ1v) is 8.67. The molecule has 1 amide bonds. The highest BCUT2D eigenvalue weighted by Crippen LogP contribution is 2.22. The number of amides is 1. The topological polar surface area (TPSA) is 66.8 Å². The van der Waals surface area contributed by atoms with Crippen molar-refractivity contribution in [3.63, 3.8) is 0 Å². The fraction of sp³-hybridized carbons (Fsp3) is 0.316. The Morgan fingerprint density at radius 3 is 2.68 bits per heavy atom. The number of aromatic nitrogens is 4. The van der Waals surface area contributed by atoms with Gasteiger partial charge in [-0.3, -0.25) is 14.6 Å². The number of nitrogens with one attached hydrogen (secondary N) is 1. The second-order valence-corrected chi connectivity index (χ2v) is 6.50. The highest BCUT2D eigenvalue weighted by atomic mass is 16.2. The average Bonchev–Trinajstić information content (AvgIpc) is 3.34. The summed E-state index contributed by atoms with van der Waals surface area (Å²) < 4.78 is 1.98. The van der Waals surface area contributed by atoms with Crippen LogP contribution in [-0.2, 0) is 6.54 Å². The molecule has 0 atom stereocenters. The molecule has 0 aliphatic carbocycles. The van der Waals surface area contributed by atoms with Gasteiger partial charge < -0.3 is 4.90 Å². The van der Waals surface area contributed by atoms with Crippen LogP contribution in [0.25, 0.3) is 11.3 Å². The number of piperidine rings is 1. The molecule has 4 rings (SSSR count). The Morgan fingerprint density at radius 1 is 1.16 bits per heavy atom. The Balaban J connectivity index is 1.37. The zero-order valence-electron chi connectivity index (χ0n) is 14.0. The van der Waals surface area contributed by atoms with Gasteiger partial charge in [0.05, 0.1) is 5.69 Å². The fourth-order valence-electron chi connectivity index (χ4n) is 3.35. The normalized spacial score (nSPS) is 15.4. The van der Waals surface area contributed by atoms with Crippen molar-refractivity contribution in [2.24, 2.45) is 5.92 Å². The molecule has 6 nitrogen and oxygen atoms in total. The fourth-order valence-corrected chi connectivity index (χ4v) is 3.35. The van der Waals surface area contributed by atoms with Gasteiger partial charge in [-0.1, -0.05) is 30.3 Å². The van der Waals surface area contributed by atoms with Crippen molar-refractivity contribution in [3.8, 4) is 11.3 Å². The molecule has 1 aromatic carbocycles. The molecule has 0 bridgehead atoms. The zero-order valence-corrected chi connectivity index (χ0v) is 14.0. The summed E-state index contributed by atoms with van der Waals surface area (Å²) in [5, 5.41) is 11.4. The quantitative estimate of drug-likeness (QED) is 0.797. The number of nitrogens with zero attached hydrogens (tertiary/aromatic N) is 4. The number of benzene rings is 1. The van der Waals surface area contributed by atoms with Gasteiger partial charge in [-0.2, -0.15) is 10.2 Å². The molecule has 25 heavy (non-hydrogen) atoms. The number of rotatable bonds is 4. The van der Waals surface area contributed by atoms with Crippen molar-refractivity contribution in [2.45, 2.75) is 19.4 Å². The summed E-state index contributed by atoms with van der Waals surface area (Å²) in [5.41, 5.74) is 2.37. The van der Waals surface area contributed by atoms with Gasteiger partial charge >= 0.3 is 0 Å². The van der Waals surface area contributed by atoms with Gasteiger partial charge in [-0.05, 0) is 30.9 Å². The van der Waals surface area contributed by atoms with Crippen molar-refractivity contribution in [3.05, 3.63) is 60.6 Å². The van der Waals surface area contributed by atoms with Gasteiger partial charge in [-0.25, -0.2) is 0 Å². The number of aromatic amines is 1. The minimum absolute atomic E-state index is 0.0345. The van der Waals surface area contributed by atoms with E-state index in [1.165, 1.54) is 0 Å². The molecule has 1 aliphatic heterocycles. The molecular weight excluding hydrogens is 314 g/mol. The van der Waals surface area contributed by atoms with Crippen LogP contribution in [-0.4, -0.2) is 43.9 Å². The molecule has 1 aliphatic rings. The lowest BCUT2D eigenvalue weighted by atomic mass is 9.96. The SMILES string of the molecule is O=C(c1cc(-c2ccccc2)n[nH]1)N1CCC(Cn2cccn2)CC1. The van der Waals surface area contributed by atoms with E-state index >= 15 is 0 Å². The maximum atomic E-state index is 12.7. The minimum Gasteiger partial charge on any atom is -0.337 e. The van der Waals surface area contributed by atoms with Gasteiger partial charge in [0.2, 0.25) is 0 Å². The first-order valence-electron chi connectivity index (χ1n) is 8.67. The molecular formula is C19H21N5O. The third-order valence-electron chi connectivity index (χ3n) is 4.78. The smallest absolute Gasteiger partial charge is 0.271 e. The first kappa shape index (κ1) is 15.6. The largest absolute Gasteiger partial charge is 0.337 e. The maximum absolute atomic E-state index is 12.7. The molecule has 0 unspecified atom stereocenters. The molecule has 3 aromatic rings. The summed E-state index contributed by atoms with van der Waals surface area (Å²) >= 11 is 0. The molecule has 6 heteroatoms. The van der Waals surface area contributed by atoms with Crippen molar-refractivity contribution in [1.82, 2.24) is 24.9 Å². The van der Waals surface area contributed by atoms with E-state index in [4.69, 9.17) is 0 Å². The van der Waals surface area contributed by atoms with E-state index in [1.807, 2.05) is 58.2 Å². The predicted molar refractivity (Wildman–Crippen MR) is 94.9 cm³/mol. The van der Waals surface area contributed by atoms with Gasteiger partial charge in [0.25, 0.3) is 5.91 Å². The molecule has 128 valence electrons. The third-order valence-corrected chi connectivity index (χ3v) is 4.78. The third kappa shape index (κ3) is 3.47. The minimum atomic E-state index is 0.0345. The second kappa shape index (κ2) is 6.93. The van der Waals surface area contributed by atoms with Crippen LogP contribution >= 0.6 is 0 Å². The van der Waals surface area contributed by atoms with Crippen LogP contribution in [0.3, 0.4) is 0 Å². The predicted octanol–water partition coefficient (Wildman–Crippen LogP) is 2.83. The molecule has 0 saturated carbocycles. The van der Waals surface area contributed by atoms with Gasteiger partial charge in [0.1, 0.15) is 5.69 Å². The lowest BCUT2D eigenvalue weighted by molar-refractivity contribution is 0.0675. The summed E-state index contributed by atoms with van der Waals surface area (Å²) in [6, 6.07) is 13.7. The first-order chi connectivity index (χ1) is 12.3. The van der Waals surface area contributed by atoms with E-state index in [2.05, 4.69) is 15.3 Å². The standard InChI is InChI=1S/C19H21N5O/c25-19(18-13-17(21-22-18)16-5-2-1-3-6-16)23-11-7-15(8-12-23)14-24-10-4-9-20-24/h1-6,9-10,13,15H,7-8,11-12,14H2,(H,21,22). The van der Waals surface area contributed by atoms with Gasteiger partial charge in [0, 0.05) is 37.6 Å². The lowest BCUT2D eigenvalue weighted by Crippen LogP contribution is -2.39. The average molecular weight is 335 g/mol. The molecule has 1 N–H and O–H groups in total. The van der Waals surface area contributed by atoms with Crippen LogP contribution in [0.15, 0.2) is 54.9 Å². The number of H-pyrrole nitrogens is 1. The van der Waals surface area contributed by atoms with Crippen LogP contribution in [0.2, 0.25) is 0 Å². The maximum Gasteiger partial charge on any atom is 0.271 e. The van der Waals surface area contributed by atoms with Crippen molar-refractivity contribution >= 4 is 5.91 Å². The highest BCUT2D eigenvalue weighted by molar-refractivity contribution is 5.93. The van der Waals surface area contributed by atoms with Crippen LogP contribution in [0, 0.1) is 5.92 Å². The van der Waals surface area contributed by atoms with Crippen LogP contribution < -0.4 is 0 Å².